The molecule has 0 saturated heterocycles. The molecular weight excluding hydrogens is 376 g/mol. The van der Waals surface area contributed by atoms with Crippen molar-refractivity contribution in [2.45, 2.75) is 17.1 Å². The summed E-state index contributed by atoms with van der Waals surface area (Å²) in [7, 11) is 1.58. The molecule has 0 aliphatic carbocycles. The Labute approximate surface area is 167 Å². The van der Waals surface area contributed by atoms with Gasteiger partial charge in [-0.2, -0.15) is 0 Å². The van der Waals surface area contributed by atoms with Crippen LogP contribution in [0.3, 0.4) is 0 Å². The van der Waals surface area contributed by atoms with Crippen molar-refractivity contribution in [1.29, 1.82) is 0 Å². The van der Waals surface area contributed by atoms with Crippen LogP contribution in [0.25, 0.3) is 0 Å². The molecule has 144 valence electrons. The van der Waals surface area contributed by atoms with Crippen molar-refractivity contribution in [2.75, 3.05) is 17.7 Å². The van der Waals surface area contributed by atoms with E-state index in [1.54, 1.807) is 37.4 Å². The number of hydrogen-bond donors (Lipinski definition) is 2. The number of benzene rings is 2. The maximum atomic E-state index is 12.4. The lowest BCUT2D eigenvalue weighted by Crippen LogP contribution is -2.22. The third kappa shape index (κ3) is 5.17. The van der Waals surface area contributed by atoms with Gasteiger partial charge in [0, 0.05) is 22.3 Å². The molecule has 2 aromatic carbocycles. The lowest BCUT2D eigenvalue weighted by atomic mass is 10.3. The average molecular weight is 396 g/mol. The van der Waals surface area contributed by atoms with Crippen LogP contribution in [-0.4, -0.2) is 24.2 Å². The van der Waals surface area contributed by atoms with E-state index >= 15 is 0 Å². The van der Waals surface area contributed by atoms with Crippen molar-refractivity contribution in [1.82, 2.24) is 0 Å². The quantitative estimate of drug-likeness (QED) is 0.568. The molecular formula is C21H20N2O4S. The van der Waals surface area contributed by atoms with Gasteiger partial charge in [0.2, 0.25) is 5.91 Å². The van der Waals surface area contributed by atoms with Crippen LogP contribution < -0.4 is 15.4 Å². The average Bonchev–Trinajstić information content (AvgIpc) is 3.24. The molecule has 0 aliphatic rings. The van der Waals surface area contributed by atoms with Crippen molar-refractivity contribution < 1.29 is 18.7 Å². The summed E-state index contributed by atoms with van der Waals surface area (Å²) in [5.74, 6) is 0.525. The monoisotopic (exact) mass is 396 g/mol. The highest BCUT2D eigenvalue weighted by Gasteiger charge is 2.15. The van der Waals surface area contributed by atoms with Crippen molar-refractivity contribution in [3.63, 3.8) is 0 Å². The van der Waals surface area contributed by atoms with Gasteiger partial charge in [-0.15, -0.1) is 11.8 Å². The maximum Gasteiger partial charge on any atom is 0.291 e. The Bertz CT molecular complexity index is 939. The van der Waals surface area contributed by atoms with Crippen LogP contribution in [0.15, 0.2) is 76.2 Å². The van der Waals surface area contributed by atoms with Gasteiger partial charge in [0.05, 0.1) is 18.6 Å². The highest BCUT2D eigenvalue weighted by molar-refractivity contribution is 8.00. The number of ether oxygens (including phenoxy) is 1. The SMILES string of the molecule is COc1cccc(NC(=O)C(C)Sc2ccc(NC(=O)c3ccco3)cc2)c1. The molecule has 0 saturated carbocycles. The third-order valence-electron chi connectivity index (χ3n) is 3.88. The van der Waals surface area contributed by atoms with Gasteiger partial charge in [0.1, 0.15) is 5.75 Å². The van der Waals surface area contributed by atoms with Crippen LogP contribution in [0, 0.1) is 0 Å². The van der Waals surface area contributed by atoms with Gasteiger partial charge >= 0.3 is 0 Å². The number of thioether (sulfide) groups is 1. The van der Waals surface area contributed by atoms with E-state index in [4.69, 9.17) is 9.15 Å². The summed E-state index contributed by atoms with van der Waals surface area (Å²) in [6.45, 7) is 1.84. The first kappa shape index (κ1) is 19.6. The van der Waals surface area contributed by atoms with Gasteiger partial charge in [0.15, 0.2) is 5.76 Å². The summed E-state index contributed by atoms with van der Waals surface area (Å²) >= 11 is 1.43. The fraction of sp³-hybridized carbons (Fsp3) is 0.143. The zero-order valence-electron chi connectivity index (χ0n) is 15.5. The number of anilines is 2. The Morgan fingerprint density at radius 1 is 1.00 bits per heavy atom. The second-order valence-electron chi connectivity index (χ2n) is 5.94. The lowest BCUT2D eigenvalue weighted by molar-refractivity contribution is -0.115. The smallest absolute Gasteiger partial charge is 0.291 e. The third-order valence-corrected chi connectivity index (χ3v) is 4.99. The largest absolute Gasteiger partial charge is 0.497 e. The first-order valence-corrected chi connectivity index (χ1v) is 9.49. The van der Waals surface area contributed by atoms with Crippen LogP contribution in [0.5, 0.6) is 5.75 Å². The minimum absolute atomic E-state index is 0.103. The Morgan fingerprint density at radius 2 is 1.79 bits per heavy atom. The van der Waals surface area contributed by atoms with E-state index < -0.39 is 0 Å². The maximum absolute atomic E-state index is 12.4. The number of amides is 2. The summed E-state index contributed by atoms with van der Waals surface area (Å²) in [5, 5.41) is 5.34. The summed E-state index contributed by atoms with van der Waals surface area (Å²) in [5.41, 5.74) is 1.34. The minimum Gasteiger partial charge on any atom is -0.497 e. The molecule has 1 atom stereocenters. The number of rotatable bonds is 7. The van der Waals surface area contributed by atoms with Crippen LogP contribution in [0.4, 0.5) is 11.4 Å². The van der Waals surface area contributed by atoms with Gasteiger partial charge < -0.3 is 19.8 Å². The number of carbonyl (C=O) groups is 2. The van der Waals surface area contributed by atoms with Gasteiger partial charge in [0.25, 0.3) is 5.91 Å². The number of carbonyl (C=O) groups excluding carboxylic acids is 2. The van der Waals surface area contributed by atoms with E-state index in [2.05, 4.69) is 10.6 Å². The molecule has 0 fully saturated rings. The first-order chi connectivity index (χ1) is 13.5. The number of nitrogens with one attached hydrogen (secondary N) is 2. The zero-order chi connectivity index (χ0) is 19.9. The van der Waals surface area contributed by atoms with Crippen LogP contribution >= 0.6 is 11.8 Å². The van der Waals surface area contributed by atoms with Crippen molar-refractivity contribution in [3.05, 3.63) is 72.7 Å². The molecule has 3 rings (SSSR count). The fourth-order valence-corrected chi connectivity index (χ4v) is 3.29. The molecule has 1 heterocycles. The second kappa shape index (κ2) is 9.14. The molecule has 2 N–H and O–H groups in total. The molecule has 7 heteroatoms. The van der Waals surface area contributed by atoms with Crippen LogP contribution in [0.1, 0.15) is 17.5 Å². The van der Waals surface area contributed by atoms with E-state index in [1.165, 1.54) is 18.0 Å². The van der Waals surface area contributed by atoms with E-state index in [0.29, 0.717) is 17.1 Å². The molecule has 0 aliphatic heterocycles. The lowest BCUT2D eigenvalue weighted by Gasteiger charge is -2.13. The normalized spacial score (nSPS) is 11.5. The van der Waals surface area contributed by atoms with Crippen LogP contribution in [-0.2, 0) is 4.79 Å². The van der Waals surface area contributed by atoms with E-state index in [1.807, 2.05) is 37.3 Å². The van der Waals surface area contributed by atoms with Crippen molar-refractivity contribution in [2.24, 2.45) is 0 Å². The van der Waals surface area contributed by atoms with E-state index in [-0.39, 0.29) is 22.8 Å². The molecule has 28 heavy (non-hydrogen) atoms. The Balaban J connectivity index is 1.55. The van der Waals surface area contributed by atoms with Crippen molar-refractivity contribution >= 4 is 35.0 Å². The second-order valence-corrected chi connectivity index (χ2v) is 7.35. The molecule has 1 unspecified atom stereocenters. The molecule has 0 spiro atoms. The summed E-state index contributed by atoms with van der Waals surface area (Å²) in [6, 6.07) is 17.8. The zero-order valence-corrected chi connectivity index (χ0v) is 16.3. The van der Waals surface area contributed by atoms with E-state index in [9.17, 15) is 9.59 Å². The van der Waals surface area contributed by atoms with Gasteiger partial charge in [-0.05, 0) is 55.5 Å². The number of furan rings is 1. The van der Waals surface area contributed by atoms with Crippen LogP contribution in [0.2, 0.25) is 0 Å². The van der Waals surface area contributed by atoms with Gasteiger partial charge in [-0.3, -0.25) is 9.59 Å². The predicted octanol–water partition coefficient (Wildman–Crippen LogP) is 4.66. The summed E-state index contributed by atoms with van der Waals surface area (Å²) in [6.07, 6.45) is 1.45. The predicted molar refractivity (Wildman–Crippen MR) is 110 cm³/mol. The fourth-order valence-electron chi connectivity index (χ4n) is 2.42. The molecule has 3 aromatic rings. The molecule has 1 aromatic heterocycles. The highest BCUT2D eigenvalue weighted by atomic mass is 32.2. The first-order valence-electron chi connectivity index (χ1n) is 8.61. The Hall–Kier alpha value is -3.19. The molecule has 0 radical (unpaired) electrons. The number of methoxy groups -OCH3 is 1. The highest BCUT2D eigenvalue weighted by Crippen LogP contribution is 2.26. The molecule has 2 amide bonds. The van der Waals surface area contributed by atoms with E-state index in [0.717, 1.165) is 4.90 Å². The van der Waals surface area contributed by atoms with Gasteiger partial charge in [-0.25, -0.2) is 0 Å². The molecule has 0 bridgehead atoms. The number of hydrogen-bond acceptors (Lipinski definition) is 5. The molecule has 6 nitrogen and oxygen atoms in total. The minimum atomic E-state index is -0.309. The Morgan fingerprint density at radius 3 is 2.46 bits per heavy atom. The standard InChI is InChI=1S/C21H20N2O4S/c1-14(20(24)23-16-5-3-6-17(13-16)26-2)28-18-10-8-15(9-11-18)22-21(25)19-7-4-12-27-19/h3-14H,1-2H3,(H,22,25)(H,23,24). The summed E-state index contributed by atoms with van der Waals surface area (Å²) < 4.78 is 10.2. The summed E-state index contributed by atoms with van der Waals surface area (Å²) in [4.78, 5) is 25.3. The van der Waals surface area contributed by atoms with Gasteiger partial charge in [-0.1, -0.05) is 6.07 Å². The topological polar surface area (TPSA) is 80.6 Å². The Kier molecular flexibility index (Phi) is 6.39. The van der Waals surface area contributed by atoms with Crippen molar-refractivity contribution in [3.8, 4) is 5.75 Å².